The number of carbonyl (C=O) groups excluding carboxylic acids is 1. The summed E-state index contributed by atoms with van der Waals surface area (Å²) in [7, 11) is 0. The van der Waals surface area contributed by atoms with Crippen molar-refractivity contribution in [3.8, 4) is 0 Å². The summed E-state index contributed by atoms with van der Waals surface area (Å²) in [4.78, 5) is 19.1. The molecule has 0 aliphatic heterocycles. The number of rotatable bonds is 7. The van der Waals surface area contributed by atoms with Gasteiger partial charge in [0.1, 0.15) is 11.3 Å². The Hall–Kier alpha value is -1.95. The monoisotopic (exact) mass is 293 g/mol. The van der Waals surface area contributed by atoms with Crippen LogP contribution in [0.3, 0.4) is 0 Å². The number of hydrogen-bond donors (Lipinski definition) is 3. The third-order valence-corrected chi connectivity index (χ3v) is 3.52. The number of aromatic nitrogens is 2. The molecule has 1 heterocycles. The fourth-order valence-electron chi connectivity index (χ4n) is 2.46. The lowest BCUT2D eigenvalue weighted by Crippen LogP contribution is -2.30. The van der Waals surface area contributed by atoms with Crippen LogP contribution in [0.25, 0.3) is 11.0 Å². The van der Waals surface area contributed by atoms with Gasteiger partial charge in [0.05, 0.1) is 17.4 Å². The number of nitrogens with one attached hydrogen (secondary N) is 2. The Bertz CT molecular complexity index is 606. The number of halogens is 1. The van der Waals surface area contributed by atoms with E-state index in [1.54, 1.807) is 0 Å². The van der Waals surface area contributed by atoms with E-state index in [4.69, 9.17) is 5.11 Å². The van der Waals surface area contributed by atoms with Crippen LogP contribution >= 0.6 is 0 Å². The second-order valence-corrected chi connectivity index (χ2v) is 5.13. The van der Waals surface area contributed by atoms with Crippen LogP contribution in [0, 0.1) is 11.7 Å². The molecule has 1 atom stereocenters. The first-order chi connectivity index (χ1) is 10.2. The first-order valence-corrected chi connectivity index (χ1v) is 7.17. The van der Waals surface area contributed by atoms with Crippen LogP contribution in [0.2, 0.25) is 0 Å². The Balaban J connectivity index is 2.09. The van der Waals surface area contributed by atoms with Gasteiger partial charge in [-0.1, -0.05) is 13.3 Å². The summed E-state index contributed by atoms with van der Waals surface area (Å²) in [5, 5.41) is 11.8. The van der Waals surface area contributed by atoms with Crippen LogP contribution in [-0.4, -0.2) is 34.1 Å². The topological polar surface area (TPSA) is 78.0 Å². The number of aliphatic hydroxyl groups excluding tert-OH is 1. The minimum absolute atomic E-state index is 0.101. The third kappa shape index (κ3) is 3.78. The molecule has 0 saturated carbocycles. The minimum atomic E-state index is -0.475. The van der Waals surface area contributed by atoms with Crippen molar-refractivity contribution in [3.05, 3.63) is 29.8 Å². The number of nitrogens with zero attached hydrogens (tertiary/aromatic N) is 1. The molecule has 21 heavy (non-hydrogen) atoms. The smallest absolute Gasteiger partial charge is 0.253 e. The Morgan fingerprint density at radius 3 is 3.00 bits per heavy atom. The molecule has 2 aromatic rings. The number of carbonyl (C=O) groups is 1. The van der Waals surface area contributed by atoms with Gasteiger partial charge < -0.3 is 15.4 Å². The average Bonchev–Trinajstić information content (AvgIpc) is 2.92. The predicted octanol–water partition coefficient (Wildman–Crippen LogP) is 2.23. The fraction of sp³-hybridized carbons (Fsp3) is 0.467. The van der Waals surface area contributed by atoms with Crippen molar-refractivity contribution >= 4 is 16.9 Å². The molecule has 0 spiro atoms. The van der Waals surface area contributed by atoms with Crippen molar-refractivity contribution in [2.45, 2.75) is 26.2 Å². The quantitative estimate of drug-likeness (QED) is 0.732. The van der Waals surface area contributed by atoms with E-state index < -0.39 is 5.82 Å². The molecule has 6 heteroatoms. The van der Waals surface area contributed by atoms with E-state index in [1.807, 2.05) is 0 Å². The van der Waals surface area contributed by atoms with Gasteiger partial charge in [-0.15, -0.1) is 0 Å². The molecule has 1 aromatic heterocycles. The highest BCUT2D eigenvalue weighted by atomic mass is 19.1. The fourth-order valence-corrected chi connectivity index (χ4v) is 2.46. The molecule has 0 fully saturated rings. The molecule has 2 rings (SSSR count). The Morgan fingerprint density at radius 2 is 2.29 bits per heavy atom. The zero-order valence-corrected chi connectivity index (χ0v) is 12.0. The lowest BCUT2D eigenvalue weighted by molar-refractivity contribution is 0.0944. The number of fused-ring (bicyclic) bond motifs is 1. The predicted molar refractivity (Wildman–Crippen MR) is 78.5 cm³/mol. The van der Waals surface area contributed by atoms with Gasteiger partial charge in [0.15, 0.2) is 0 Å². The average molecular weight is 293 g/mol. The maximum Gasteiger partial charge on any atom is 0.253 e. The molecule has 0 radical (unpaired) electrons. The lowest BCUT2D eigenvalue weighted by atomic mass is 10.00. The van der Waals surface area contributed by atoms with E-state index in [2.05, 4.69) is 22.2 Å². The summed E-state index contributed by atoms with van der Waals surface area (Å²) in [6, 6.07) is 2.50. The summed E-state index contributed by atoms with van der Waals surface area (Å²) in [5.74, 6) is -0.588. The highest BCUT2D eigenvalue weighted by molar-refractivity contribution is 6.04. The molecule has 5 nitrogen and oxygen atoms in total. The Labute approximate surface area is 122 Å². The van der Waals surface area contributed by atoms with Gasteiger partial charge in [-0.2, -0.15) is 0 Å². The molecule has 0 saturated heterocycles. The van der Waals surface area contributed by atoms with E-state index in [0.29, 0.717) is 24.0 Å². The highest BCUT2D eigenvalue weighted by Gasteiger charge is 2.15. The normalized spacial score (nSPS) is 12.5. The van der Waals surface area contributed by atoms with E-state index in [9.17, 15) is 9.18 Å². The Morgan fingerprint density at radius 1 is 1.48 bits per heavy atom. The van der Waals surface area contributed by atoms with Crippen molar-refractivity contribution in [1.82, 2.24) is 15.3 Å². The molecule has 1 aromatic carbocycles. The standard InChI is InChI=1S/C15H20FN3O2/c1-2-3-10(4-5-20)8-17-15(21)12-6-11(16)7-13-14(12)19-9-18-13/h6-7,9-10,20H,2-5,8H2,1H3,(H,17,21)(H,18,19). The SMILES string of the molecule is CCCC(CCO)CNC(=O)c1cc(F)cc2[nH]cnc12. The maximum absolute atomic E-state index is 13.5. The number of imidazole rings is 1. The van der Waals surface area contributed by atoms with E-state index in [-0.39, 0.29) is 24.0 Å². The van der Waals surface area contributed by atoms with Crippen molar-refractivity contribution in [2.24, 2.45) is 5.92 Å². The van der Waals surface area contributed by atoms with Crippen molar-refractivity contribution in [1.29, 1.82) is 0 Å². The summed E-state index contributed by atoms with van der Waals surface area (Å²) in [6.45, 7) is 2.63. The van der Waals surface area contributed by atoms with Gasteiger partial charge in [0.2, 0.25) is 0 Å². The third-order valence-electron chi connectivity index (χ3n) is 3.52. The van der Waals surface area contributed by atoms with Crippen LogP contribution in [-0.2, 0) is 0 Å². The van der Waals surface area contributed by atoms with Gasteiger partial charge in [-0.25, -0.2) is 9.37 Å². The van der Waals surface area contributed by atoms with E-state index in [0.717, 1.165) is 12.8 Å². The molecule has 0 aliphatic rings. The number of benzene rings is 1. The van der Waals surface area contributed by atoms with E-state index >= 15 is 0 Å². The molecule has 3 N–H and O–H groups in total. The first kappa shape index (κ1) is 15.4. The molecule has 1 amide bonds. The maximum atomic E-state index is 13.5. The number of H-pyrrole nitrogens is 1. The first-order valence-electron chi connectivity index (χ1n) is 7.17. The molecule has 114 valence electrons. The van der Waals surface area contributed by atoms with Crippen LogP contribution < -0.4 is 5.32 Å². The van der Waals surface area contributed by atoms with Crippen LogP contribution in [0.5, 0.6) is 0 Å². The van der Waals surface area contributed by atoms with E-state index in [1.165, 1.54) is 18.5 Å². The van der Waals surface area contributed by atoms with Gasteiger partial charge in [0, 0.05) is 13.2 Å². The molecule has 1 unspecified atom stereocenters. The minimum Gasteiger partial charge on any atom is -0.396 e. The van der Waals surface area contributed by atoms with Crippen LogP contribution in [0.15, 0.2) is 18.5 Å². The van der Waals surface area contributed by atoms with Crippen LogP contribution in [0.4, 0.5) is 4.39 Å². The van der Waals surface area contributed by atoms with Crippen molar-refractivity contribution in [2.75, 3.05) is 13.2 Å². The van der Waals surface area contributed by atoms with Gasteiger partial charge in [-0.3, -0.25) is 4.79 Å². The molecular weight excluding hydrogens is 273 g/mol. The molecule has 0 bridgehead atoms. The van der Waals surface area contributed by atoms with Crippen molar-refractivity contribution in [3.63, 3.8) is 0 Å². The number of aliphatic hydroxyl groups is 1. The highest BCUT2D eigenvalue weighted by Crippen LogP contribution is 2.17. The summed E-state index contributed by atoms with van der Waals surface area (Å²) < 4.78 is 13.5. The second-order valence-electron chi connectivity index (χ2n) is 5.13. The summed E-state index contributed by atoms with van der Waals surface area (Å²) in [5.41, 5.74) is 1.19. The Kier molecular flexibility index (Phi) is 5.27. The van der Waals surface area contributed by atoms with Crippen molar-refractivity contribution < 1.29 is 14.3 Å². The van der Waals surface area contributed by atoms with Gasteiger partial charge >= 0.3 is 0 Å². The molecular formula is C15H20FN3O2. The van der Waals surface area contributed by atoms with Crippen LogP contribution in [0.1, 0.15) is 36.5 Å². The zero-order valence-electron chi connectivity index (χ0n) is 12.0. The summed E-state index contributed by atoms with van der Waals surface area (Å²) in [6.07, 6.45) is 4.01. The largest absolute Gasteiger partial charge is 0.396 e. The number of hydrogen-bond acceptors (Lipinski definition) is 3. The lowest BCUT2D eigenvalue weighted by Gasteiger charge is -2.15. The van der Waals surface area contributed by atoms with Gasteiger partial charge in [-0.05, 0) is 30.9 Å². The summed E-state index contributed by atoms with van der Waals surface area (Å²) >= 11 is 0. The number of aromatic amines is 1. The zero-order chi connectivity index (χ0) is 15.2. The molecule has 0 aliphatic carbocycles. The van der Waals surface area contributed by atoms with Gasteiger partial charge in [0.25, 0.3) is 5.91 Å². The second kappa shape index (κ2) is 7.17. The number of amides is 1.